The molecular weight excluding hydrogens is 265 g/mol. The highest BCUT2D eigenvalue weighted by atomic mass is 127. The summed E-state index contributed by atoms with van der Waals surface area (Å²) in [5, 5.41) is 0. The molecule has 0 fully saturated rings. The van der Waals surface area contributed by atoms with Gasteiger partial charge in [0.25, 0.3) is 0 Å². The van der Waals surface area contributed by atoms with Gasteiger partial charge in [0.2, 0.25) is 5.88 Å². The van der Waals surface area contributed by atoms with Gasteiger partial charge in [0.1, 0.15) is 6.61 Å². The highest BCUT2D eigenvalue weighted by Gasteiger charge is 1.97. The molecule has 2 nitrogen and oxygen atoms in total. The molecule has 0 aliphatic heterocycles. The van der Waals surface area contributed by atoms with E-state index < -0.39 is 0 Å². The molecule has 1 heterocycles. The molecule has 0 amide bonds. The number of pyridine rings is 1. The Morgan fingerprint density at radius 1 is 1.67 bits per heavy atom. The standard InChI is InChI=1S/C9H10INO/c1-2-3-7-12-9-8(10)5-4-6-11-9/h2-6H,7H2,1H3/b3-2+. The second-order valence-electron chi connectivity index (χ2n) is 2.17. The second kappa shape index (κ2) is 5.13. The minimum absolute atomic E-state index is 0.587. The van der Waals surface area contributed by atoms with Crippen LogP contribution in [0.4, 0.5) is 0 Å². The smallest absolute Gasteiger partial charge is 0.227 e. The minimum Gasteiger partial charge on any atom is -0.473 e. The first kappa shape index (κ1) is 9.51. The van der Waals surface area contributed by atoms with Crippen molar-refractivity contribution in [3.63, 3.8) is 0 Å². The molecule has 0 spiro atoms. The van der Waals surface area contributed by atoms with Gasteiger partial charge in [0.15, 0.2) is 0 Å². The lowest BCUT2D eigenvalue weighted by Crippen LogP contribution is -1.97. The van der Waals surface area contributed by atoms with Crippen LogP contribution in [0.25, 0.3) is 0 Å². The van der Waals surface area contributed by atoms with Crippen LogP contribution in [0, 0.1) is 3.57 Å². The molecule has 0 atom stereocenters. The maximum Gasteiger partial charge on any atom is 0.227 e. The van der Waals surface area contributed by atoms with Crippen LogP contribution in [0.1, 0.15) is 6.92 Å². The summed E-state index contributed by atoms with van der Waals surface area (Å²) < 4.78 is 6.41. The van der Waals surface area contributed by atoms with Gasteiger partial charge in [-0.15, -0.1) is 0 Å². The Bertz CT molecular complexity index is 273. The number of halogens is 1. The Morgan fingerprint density at radius 3 is 3.17 bits per heavy atom. The summed E-state index contributed by atoms with van der Waals surface area (Å²) in [6.07, 6.45) is 5.63. The summed E-state index contributed by atoms with van der Waals surface area (Å²) >= 11 is 2.20. The van der Waals surface area contributed by atoms with Gasteiger partial charge in [-0.1, -0.05) is 12.2 Å². The number of aromatic nitrogens is 1. The van der Waals surface area contributed by atoms with Crippen LogP contribution in [-0.2, 0) is 0 Å². The topological polar surface area (TPSA) is 22.1 Å². The molecule has 0 saturated heterocycles. The number of ether oxygens (including phenoxy) is 1. The Kier molecular flexibility index (Phi) is 4.07. The Hall–Kier alpha value is -0.580. The normalized spacial score (nSPS) is 10.5. The summed E-state index contributed by atoms with van der Waals surface area (Å²) in [6, 6.07) is 3.86. The first-order chi connectivity index (χ1) is 5.84. The summed E-state index contributed by atoms with van der Waals surface area (Å²) in [4.78, 5) is 4.09. The maximum absolute atomic E-state index is 5.37. The molecule has 0 unspecified atom stereocenters. The number of rotatable bonds is 3. The van der Waals surface area contributed by atoms with E-state index in [9.17, 15) is 0 Å². The predicted molar refractivity (Wildman–Crippen MR) is 57.3 cm³/mol. The van der Waals surface area contributed by atoms with Crippen molar-refractivity contribution in [2.45, 2.75) is 6.92 Å². The molecule has 3 heteroatoms. The van der Waals surface area contributed by atoms with E-state index in [0.29, 0.717) is 12.5 Å². The Labute approximate surface area is 85.8 Å². The highest BCUT2D eigenvalue weighted by Crippen LogP contribution is 2.15. The molecule has 12 heavy (non-hydrogen) atoms. The van der Waals surface area contributed by atoms with Gasteiger partial charge in [-0.05, 0) is 41.6 Å². The number of nitrogens with zero attached hydrogens (tertiary/aromatic N) is 1. The van der Waals surface area contributed by atoms with Crippen LogP contribution < -0.4 is 4.74 Å². The van der Waals surface area contributed by atoms with E-state index in [1.54, 1.807) is 6.20 Å². The number of hydrogen-bond donors (Lipinski definition) is 0. The first-order valence-electron chi connectivity index (χ1n) is 3.69. The van der Waals surface area contributed by atoms with Crippen LogP contribution in [0.5, 0.6) is 5.88 Å². The van der Waals surface area contributed by atoms with Gasteiger partial charge >= 0.3 is 0 Å². The van der Waals surface area contributed by atoms with Crippen molar-refractivity contribution < 1.29 is 4.74 Å². The first-order valence-corrected chi connectivity index (χ1v) is 4.77. The van der Waals surface area contributed by atoms with E-state index in [-0.39, 0.29) is 0 Å². The van der Waals surface area contributed by atoms with Crippen molar-refractivity contribution in [1.82, 2.24) is 4.98 Å². The zero-order valence-electron chi connectivity index (χ0n) is 6.83. The van der Waals surface area contributed by atoms with Crippen LogP contribution in [0.2, 0.25) is 0 Å². The zero-order valence-corrected chi connectivity index (χ0v) is 8.98. The molecule has 1 aromatic rings. The van der Waals surface area contributed by atoms with Crippen LogP contribution >= 0.6 is 22.6 Å². The van der Waals surface area contributed by atoms with Gasteiger partial charge < -0.3 is 4.74 Å². The van der Waals surface area contributed by atoms with E-state index >= 15 is 0 Å². The molecule has 0 aliphatic carbocycles. The van der Waals surface area contributed by atoms with Crippen LogP contribution in [0.3, 0.4) is 0 Å². The van der Waals surface area contributed by atoms with Gasteiger partial charge in [0, 0.05) is 6.20 Å². The average molecular weight is 275 g/mol. The van der Waals surface area contributed by atoms with E-state index in [2.05, 4.69) is 27.6 Å². The molecule has 0 N–H and O–H groups in total. The van der Waals surface area contributed by atoms with Crippen molar-refractivity contribution in [2.75, 3.05) is 6.61 Å². The van der Waals surface area contributed by atoms with Gasteiger partial charge in [-0.25, -0.2) is 4.98 Å². The van der Waals surface area contributed by atoms with E-state index in [1.165, 1.54) is 0 Å². The lowest BCUT2D eigenvalue weighted by molar-refractivity contribution is 0.345. The van der Waals surface area contributed by atoms with Crippen LogP contribution in [-0.4, -0.2) is 11.6 Å². The maximum atomic E-state index is 5.37. The third kappa shape index (κ3) is 2.81. The fourth-order valence-corrected chi connectivity index (χ4v) is 1.20. The highest BCUT2D eigenvalue weighted by molar-refractivity contribution is 14.1. The number of allylic oxidation sites excluding steroid dienone is 1. The van der Waals surface area contributed by atoms with Crippen molar-refractivity contribution in [3.05, 3.63) is 34.1 Å². The molecule has 1 aromatic heterocycles. The third-order valence-corrected chi connectivity index (χ3v) is 2.10. The average Bonchev–Trinajstić information content (AvgIpc) is 2.09. The quantitative estimate of drug-likeness (QED) is 0.625. The van der Waals surface area contributed by atoms with Crippen molar-refractivity contribution in [1.29, 1.82) is 0 Å². The monoisotopic (exact) mass is 275 g/mol. The Balaban J connectivity index is 2.57. The van der Waals surface area contributed by atoms with E-state index in [0.717, 1.165) is 3.57 Å². The molecule has 0 aromatic carbocycles. The van der Waals surface area contributed by atoms with E-state index in [1.807, 2.05) is 31.2 Å². The van der Waals surface area contributed by atoms with Gasteiger partial charge in [0.05, 0.1) is 3.57 Å². The summed E-state index contributed by atoms with van der Waals surface area (Å²) in [5.74, 6) is 0.705. The van der Waals surface area contributed by atoms with Gasteiger partial charge in [-0.3, -0.25) is 0 Å². The van der Waals surface area contributed by atoms with Gasteiger partial charge in [-0.2, -0.15) is 0 Å². The van der Waals surface area contributed by atoms with Crippen LogP contribution in [0.15, 0.2) is 30.5 Å². The molecular formula is C9H10INO. The van der Waals surface area contributed by atoms with Crippen molar-refractivity contribution in [2.24, 2.45) is 0 Å². The molecule has 1 rings (SSSR count). The van der Waals surface area contributed by atoms with E-state index in [4.69, 9.17) is 4.74 Å². The lowest BCUT2D eigenvalue weighted by Gasteiger charge is -2.02. The second-order valence-corrected chi connectivity index (χ2v) is 3.33. The third-order valence-electron chi connectivity index (χ3n) is 1.28. The largest absolute Gasteiger partial charge is 0.473 e. The van der Waals surface area contributed by atoms with Crippen molar-refractivity contribution >= 4 is 22.6 Å². The van der Waals surface area contributed by atoms with Crippen molar-refractivity contribution in [3.8, 4) is 5.88 Å². The predicted octanol–water partition coefficient (Wildman–Crippen LogP) is 2.64. The summed E-state index contributed by atoms with van der Waals surface area (Å²) in [6.45, 7) is 2.55. The Morgan fingerprint density at radius 2 is 2.50 bits per heavy atom. The summed E-state index contributed by atoms with van der Waals surface area (Å²) in [5.41, 5.74) is 0. The fraction of sp³-hybridized carbons (Fsp3) is 0.222. The number of hydrogen-bond acceptors (Lipinski definition) is 2. The SMILES string of the molecule is C/C=C/COc1ncccc1I. The molecule has 0 saturated carbocycles. The minimum atomic E-state index is 0.587. The molecule has 0 bridgehead atoms. The lowest BCUT2D eigenvalue weighted by atomic mass is 10.5. The zero-order chi connectivity index (χ0) is 8.81. The molecule has 0 aliphatic rings. The molecule has 0 radical (unpaired) electrons. The summed E-state index contributed by atoms with van der Waals surface area (Å²) in [7, 11) is 0. The fourth-order valence-electron chi connectivity index (χ4n) is 0.701. The molecule has 64 valence electrons.